The summed E-state index contributed by atoms with van der Waals surface area (Å²) in [5.41, 5.74) is 1.08. The topological polar surface area (TPSA) is 0 Å². The van der Waals surface area contributed by atoms with Crippen LogP contribution in [0.2, 0.25) is 0 Å². The summed E-state index contributed by atoms with van der Waals surface area (Å²) >= 11 is 0. The molecule has 0 nitrogen and oxygen atoms in total. The highest BCUT2D eigenvalue weighted by Gasteiger charge is 2.49. The molecule has 0 amide bonds. The van der Waals surface area contributed by atoms with Crippen LogP contribution in [0.3, 0.4) is 0 Å². The summed E-state index contributed by atoms with van der Waals surface area (Å²) in [6.45, 7) is 17.5. The van der Waals surface area contributed by atoms with Gasteiger partial charge in [0.25, 0.3) is 0 Å². The van der Waals surface area contributed by atoms with E-state index in [1.165, 1.54) is 57.8 Å². The molecule has 1 saturated carbocycles. The fourth-order valence-electron chi connectivity index (χ4n) is 5.04. The van der Waals surface area contributed by atoms with Crippen LogP contribution >= 0.6 is 0 Å². The molecule has 0 N–H and O–H groups in total. The zero-order chi connectivity index (χ0) is 16.1. The second kappa shape index (κ2) is 8.02. The first-order valence-corrected chi connectivity index (χ1v) is 9.84. The lowest BCUT2D eigenvalue weighted by Gasteiger charge is -2.55. The normalized spacial score (nSPS) is 24.6. The van der Waals surface area contributed by atoms with Crippen LogP contribution in [-0.2, 0) is 0 Å². The molecule has 0 heterocycles. The van der Waals surface area contributed by atoms with Gasteiger partial charge in [-0.1, -0.05) is 87.0 Å². The number of hydrogen-bond acceptors (Lipinski definition) is 0. The first kappa shape index (κ1) is 19.0. The molecule has 0 aromatic carbocycles. The van der Waals surface area contributed by atoms with Gasteiger partial charge in [0.1, 0.15) is 0 Å². The van der Waals surface area contributed by atoms with Gasteiger partial charge in [0, 0.05) is 0 Å². The second-order valence-corrected chi connectivity index (χ2v) is 8.60. The van der Waals surface area contributed by atoms with Crippen LogP contribution in [0.15, 0.2) is 0 Å². The molecule has 3 unspecified atom stereocenters. The smallest absolute Gasteiger partial charge is 0.0241 e. The molecule has 0 aromatic rings. The van der Waals surface area contributed by atoms with Gasteiger partial charge in [0.05, 0.1) is 0 Å². The van der Waals surface area contributed by atoms with Crippen LogP contribution in [-0.4, -0.2) is 0 Å². The van der Waals surface area contributed by atoms with Crippen LogP contribution in [0.5, 0.6) is 0 Å². The third-order valence-electron chi connectivity index (χ3n) is 7.71. The van der Waals surface area contributed by atoms with E-state index in [9.17, 15) is 0 Å². The van der Waals surface area contributed by atoms with Gasteiger partial charge in [0.2, 0.25) is 0 Å². The first-order valence-electron chi connectivity index (χ1n) is 9.84. The van der Waals surface area contributed by atoms with Crippen LogP contribution in [0, 0.1) is 28.6 Å². The minimum Gasteiger partial charge on any atom is -0.0651 e. The molecule has 0 aliphatic heterocycles. The van der Waals surface area contributed by atoms with Crippen molar-refractivity contribution in [2.45, 2.75) is 106 Å². The number of rotatable bonds is 8. The molecule has 0 heteroatoms. The summed E-state index contributed by atoms with van der Waals surface area (Å²) < 4.78 is 0. The van der Waals surface area contributed by atoms with Crippen molar-refractivity contribution in [1.29, 1.82) is 0 Å². The van der Waals surface area contributed by atoms with Crippen molar-refractivity contribution in [2.24, 2.45) is 28.6 Å². The Morgan fingerprint density at radius 2 is 1.43 bits per heavy atom. The van der Waals surface area contributed by atoms with Gasteiger partial charge in [-0.2, -0.15) is 0 Å². The minimum absolute atomic E-state index is 0.513. The highest BCUT2D eigenvalue weighted by molar-refractivity contribution is 4.98. The van der Waals surface area contributed by atoms with Gasteiger partial charge < -0.3 is 0 Å². The molecule has 0 radical (unpaired) electrons. The maximum Gasteiger partial charge on any atom is -0.0241 e. The van der Waals surface area contributed by atoms with E-state index in [0.29, 0.717) is 10.8 Å². The summed E-state index contributed by atoms with van der Waals surface area (Å²) in [6, 6.07) is 0. The van der Waals surface area contributed by atoms with Crippen LogP contribution in [0.4, 0.5) is 0 Å². The van der Waals surface area contributed by atoms with E-state index in [-0.39, 0.29) is 0 Å². The lowest BCUT2D eigenvalue weighted by atomic mass is 9.50. The van der Waals surface area contributed by atoms with E-state index >= 15 is 0 Å². The van der Waals surface area contributed by atoms with Crippen LogP contribution < -0.4 is 0 Å². The predicted molar refractivity (Wildman–Crippen MR) is 96.6 cm³/mol. The quantitative estimate of drug-likeness (QED) is 0.435. The molecule has 0 aromatic heterocycles. The Balaban J connectivity index is 3.07. The molecular weight excluding hydrogens is 252 g/mol. The largest absolute Gasteiger partial charge is 0.0651 e. The third-order valence-corrected chi connectivity index (χ3v) is 7.71. The van der Waals surface area contributed by atoms with E-state index in [4.69, 9.17) is 0 Å². The molecule has 126 valence electrons. The zero-order valence-corrected chi connectivity index (χ0v) is 16.1. The van der Waals surface area contributed by atoms with E-state index < -0.39 is 0 Å². The molecule has 0 saturated heterocycles. The summed E-state index contributed by atoms with van der Waals surface area (Å²) in [5.74, 6) is 2.61. The van der Waals surface area contributed by atoms with Crippen molar-refractivity contribution in [3.63, 3.8) is 0 Å². The van der Waals surface area contributed by atoms with Crippen molar-refractivity contribution in [1.82, 2.24) is 0 Å². The Kier molecular flexibility index (Phi) is 7.28. The molecule has 21 heavy (non-hydrogen) atoms. The maximum atomic E-state index is 2.66. The van der Waals surface area contributed by atoms with Crippen LogP contribution in [0.25, 0.3) is 0 Å². The zero-order valence-electron chi connectivity index (χ0n) is 16.1. The van der Waals surface area contributed by atoms with E-state index in [1.54, 1.807) is 0 Å². The van der Waals surface area contributed by atoms with Gasteiger partial charge in [-0.05, 0) is 47.8 Å². The monoisotopic (exact) mass is 294 g/mol. The Hall–Kier alpha value is 0. The van der Waals surface area contributed by atoms with Gasteiger partial charge >= 0.3 is 0 Å². The Morgan fingerprint density at radius 1 is 0.905 bits per heavy atom. The summed E-state index contributed by atoms with van der Waals surface area (Å²) in [4.78, 5) is 0. The van der Waals surface area contributed by atoms with Gasteiger partial charge in [-0.3, -0.25) is 0 Å². The van der Waals surface area contributed by atoms with Gasteiger partial charge in [-0.15, -0.1) is 0 Å². The van der Waals surface area contributed by atoms with Crippen molar-refractivity contribution in [3.8, 4) is 0 Å². The number of hydrogen-bond donors (Lipinski definition) is 0. The highest BCUT2D eigenvalue weighted by atomic mass is 14.5. The van der Waals surface area contributed by atoms with Crippen molar-refractivity contribution in [3.05, 3.63) is 0 Å². The van der Waals surface area contributed by atoms with Crippen molar-refractivity contribution in [2.75, 3.05) is 0 Å². The lowest BCUT2D eigenvalue weighted by molar-refractivity contribution is -0.0562. The second-order valence-electron chi connectivity index (χ2n) is 8.60. The summed E-state index contributed by atoms with van der Waals surface area (Å²) in [5, 5.41) is 0. The molecule has 1 rings (SSSR count). The molecule has 1 aliphatic carbocycles. The molecule has 0 spiro atoms. The molecule has 3 atom stereocenters. The molecule has 0 bridgehead atoms. The fourth-order valence-corrected chi connectivity index (χ4v) is 5.04. The fraction of sp³-hybridized carbons (Fsp3) is 1.00. The summed E-state index contributed by atoms with van der Waals surface area (Å²) in [6.07, 6.45) is 12.8. The standard InChI is InChI=1S/C21H42/c1-8-17(4)18(5)21(7,16-19(9-2)10-3)20(6)14-12-11-13-15-20/h17-19H,8-16H2,1-7H3. The molecule has 1 aliphatic rings. The summed E-state index contributed by atoms with van der Waals surface area (Å²) in [7, 11) is 0. The van der Waals surface area contributed by atoms with Crippen molar-refractivity contribution < 1.29 is 0 Å². The average Bonchev–Trinajstić information content (AvgIpc) is 2.51. The van der Waals surface area contributed by atoms with Crippen LogP contribution in [0.1, 0.15) is 106 Å². The Morgan fingerprint density at radius 3 is 1.86 bits per heavy atom. The molecular formula is C21H42. The van der Waals surface area contributed by atoms with Gasteiger partial charge in [-0.25, -0.2) is 0 Å². The van der Waals surface area contributed by atoms with Gasteiger partial charge in [0.15, 0.2) is 0 Å². The predicted octanol–water partition coefficient (Wildman–Crippen LogP) is 7.47. The Bertz CT molecular complexity index is 282. The van der Waals surface area contributed by atoms with E-state index in [1.807, 2.05) is 0 Å². The maximum absolute atomic E-state index is 2.66. The highest BCUT2D eigenvalue weighted by Crippen LogP contribution is 2.58. The lowest BCUT2D eigenvalue weighted by Crippen LogP contribution is -2.46. The Labute approximate surface area is 135 Å². The third kappa shape index (κ3) is 4.05. The van der Waals surface area contributed by atoms with Crippen molar-refractivity contribution >= 4 is 0 Å². The van der Waals surface area contributed by atoms with E-state index in [0.717, 1.165) is 17.8 Å². The average molecular weight is 295 g/mol. The first-order chi connectivity index (χ1) is 9.84. The minimum atomic E-state index is 0.513. The SMILES string of the molecule is CCC(CC)CC(C)(C(C)C(C)CC)C1(C)CCCCC1. The van der Waals surface area contributed by atoms with E-state index in [2.05, 4.69) is 48.5 Å². The molecule has 1 fully saturated rings.